The molecule has 1 saturated heterocycles. The Morgan fingerprint density at radius 1 is 1.38 bits per heavy atom. The molecule has 0 aromatic carbocycles. The number of thioether (sulfide) groups is 1. The minimum atomic E-state index is -0.898. The molecular weight excluding hydrogens is 288 g/mol. The maximum absolute atomic E-state index is 12.5. The van der Waals surface area contributed by atoms with Gasteiger partial charge in [0.25, 0.3) is 0 Å². The molecule has 21 heavy (non-hydrogen) atoms. The van der Waals surface area contributed by atoms with Gasteiger partial charge < -0.3 is 10.4 Å². The Morgan fingerprint density at radius 3 is 2.57 bits per heavy atom. The molecule has 0 spiro atoms. The molecule has 0 radical (unpaired) electrons. The van der Waals surface area contributed by atoms with Gasteiger partial charge in [0.15, 0.2) is 0 Å². The quantitative estimate of drug-likeness (QED) is 0.791. The third-order valence-corrected chi connectivity index (χ3v) is 6.28. The maximum Gasteiger partial charge on any atom is 0.327 e. The van der Waals surface area contributed by atoms with Crippen LogP contribution in [0.15, 0.2) is 0 Å². The van der Waals surface area contributed by atoms with Crippen molar-refractivity contribution in [2.24, 2.45) is 5.41 Å². The lowest BCUT2D eigenvalue weighted by Gasteiger charge is -2.42. The summed E-state index contributed by atoms with van der Waals surface area (Å²) in [5.74, 6) is -0.406. The highest BCUT2D eigenvalue weighted by Gasteiger charge is 2.42. The van der Waals surface area contributed by atoms with E-state index < -0.39 is 12.0 Å². The highest BCUT2D eigenvalue weighted by molar-refractivity contribution is 8.00. The van der Waals surface area contributed by atoms with Crippen molar-refractivity contribution in [2.75, 3.05) is 12.3 Å². The maximum atomic E-state index is 12.5. The Hall–Kier alpha value is -0.910. The summed E-state index contributed by atoms with van der Waals surface area (Å²) in [6.45, 7) is 4.90. The lowest BCUT2D eigenvalue weighted by molar-refractivity contribution is -0.141. The molecule has 1 aliphatic carbocycles. The van der Waals surface area contributed by atoms with E-state index in [4.69, 9.17) is 0 Å². The monoisotopic (exact) mass is 314 g/mol. The third kappa shape index (κ3) is 3.47. The van der Waals surface area contributed by atoms with Crippen LogP contribution in [0.5, 0.6) is 0 Å². The average Bonchev–Trinajstić information content (AvgIpc) is 2.82. The molecule has 1 saturated carbocycles. The van der Waals surface area contributed by atoms with Crippen LogP contribution in [0.2, 0.25) is 0 Å². The molecule has 1 heterocycles. The highest BCUT2D eigenvalue weighted by atomic mass is 32.2. The number of carboxylic acids is 1. The molecule has 2 N–H and O–H groups in total. The Bertz CT molecular complexity index is 393. The van der Waals surface area contributed by atoms with Gasteiger partial charge in [-0.2, -0.15) is 0 Å². The van der Waals surface area contributed by atoms with Crippen molar-refractivity contribution in [3.05, 3.63) is 0 Å². The Morgan fingerprint density at radius 2 is 2.10 bits per heavy atom. The number of aliphatic carboxylic acids is 1. The zero-order valence-corrected chi connectivity index (χ0v) is 13.7. The summed E-state index contributed by atoms with van der Waals surface area (Å²) in [4.78, 5) is 25.4. The van der Waals surface area contributed by atoms with E-state index in [9.17, 15) is 14.7 Å². The third-order valence-electron chi connectivity index (χ3n) is 4.93. The van der Waals surface area contributed by atoms with E-state index in [-0.39, 0.29) is 16.8 Å². The molecule has 0 aromatic heterocycles. The van der Waals surface area contributed by atoms with Crippen molar-refractivity contribution in [2.45, 2.75) is 63.8 Å². The molecule has 0 aromatic rings. The summed E-state index contributed by atoms with van der Waals surface area (Å²) in [6.07, 6.45) is 6.44. The van der Waals surface area contributed by atoms with Gasteiger partial charge in [0.2, 0.25) is 0 Å². The molecule has 5 nitrogen and oxygen atoms in total. The van der Waals surface area contributed by atoms with Crippen LogP contribution in [-0.4, -0.2) is 45.7 Å². The van der Waals surface area contributed by atoms with Crippen molar-refractivity contribution >= 4 is 23.8 Å². The molecular formula is C15H26N2O3S. The number of carbonyl (C=O) groups excluding carboxylic acids is 1. The van der Waals surface area contributed by atoms with Crippen LogP contribution < -0.4 is 5.32 Å². The first-order valence-corrected chi connectivity index (χ1v) is 8.98. The molecule has 2 unspecified atom stereocenters. The van der Waals surface area contributed by atoms with Gasteiger partial charge in [-0.25, -0.2) is 9.59 Å². The molecule has 2 aliphatic rings. The fourth-order valence-electron chi connectivity index (χ4n) is 3.18. The molecule has 6 heteroatoms. The Balaban J connectivity index is 1.97. The highest BCUT2D eigenvalue weighted by Crippen LogP contribution is 2.43. The standard InChI is InChI=1S/C15H26N2O3S/c1-3-6-12-17(11(9-21-12)13(18)19)14(20)16-10-15(4-2)7-5-8-15/h11-12H,3-10H2,1-2H3,(H,16,20)(H,18,19). The van der Waals surface area contributed by atoms with Crippen LogP contribution in [-0.2, 0) is 4.79 Å². The molecule has 2 fully saturated rings. The second-order valence-electron chi connectivity index (χ2n) is 6.20. The first-order chi connectivity index (χ1) is 10.0. The smallest absolute Gasteiger partial charge is 0.327 e. The second-order valence-corrected chi connectivity index (χ2v) is 7.41. The molecule has 2 amide bonds. The van der Waals surface area contributed by atoms with Gasteiger partial charge in [-0.15, -0.1) is 11.8 Å². The van der Waals surface area contributed by atoms with Crippen molar-refractivity contribution in [1.82, 2.24) is 10.2 Å². The van der Waals surface area contributed by atoms with Gasteiger partial charge in [0.1, 0.15) is 6.04 Å². The molecule has 2 rings (SSSR count). The van der Waals surface area contributed by atoms with Crippen molar-refractivity contribution in [3.8, 4) is 0 Å². The number of rotatable bonds is 6. The number of amides is 2. The Labute approximate surface area is 130 Å². The van der Waals surface area contributed by atoms with E-state index in [1.807, 2.05) is 0 Å². The van der Waals surface area contributed by atoms with Gasteiger partial charge >= 0.3 is 12.0 Å². The van der Waals surface area contributed by atoms with E-state index in [1.54, 1.807) is 16.7 Å². The number of hydrogen-bond donors (Lipinski definition) is 2. The summed E-state index contributed by atoms with van der Waals surface area (Å²) in [5, 5.41) is 12.3. The zero-order chi connectivity index (χ0) is 15.5. The van der Waals surface area contributed by atoms with E-state index in [0.717, 1.165) is 19.3 Å². The first-order valence-electron chi connectivity index (χ1n) is 7.93. The number of carboxylic acid groups (broad SMARTS) is 1. The molecule has 1 aliphatic heterocycles. The predicted molar refractivity (Wildman–Crippen MR) is 84.4 cm³/mol. The molecule has 120 valence electrons. The number of carbonyl (C=O) groups is 2. The molecule has 2 atom stereocenters. The minimum absolute atomic E-state index is 0.00457. The van der Waals surface area contributed by atoms with Crippen molar-refractivity contribution < 1.29 is 14.7 Å². The van der Waals surface area contributed by atoms with Crippen LogP contribution in [0.25, 0.3) is 0 Å². The summed E-state index contributed by atoms with van der Waals surface area (Å²) < 4.78 is 0. The van der Waals surface area contributed by atoms with Crippen molar-refractivity contribution in [3.63, 3.8) is 0 Å². The summed E-state index contributed by atoms with van der Waals surface area (Å²) in [5.41, 5.74) is 0.251. The lowest BCUT2D eigenvalue weighted by Crippen LogP contribution is -2.52. The number of urea groups is 1. The first kappa shape index (κ1) is 16.5. The fraction of sp³-hybridized carbons (Fsp3) is 0.867. The molecule has 0 bridgehead atoms. The zero-order valence-electron chi connectivity index (χ0n) is 12.9. The van der Waals surface area contributed by atoms with E-state index in [2.05, 4.69) is 19.2 Å². The normalized spacial score (nSPS) is 27.2. The summed E-state index contributed by atoms with van der Waals surface area (Å²) >= 11 is 1.58. The van der Waals surface area contributed by atoms with Gasteiger partial charge in [-0.3, -0.25) is 4.90 Å². The van der Waals surface area contributed by atoms with Gasteiger partial charge in [-0.05, 0) is 31.1 Å². The van der Waals surface area contributed by atoms with Gasteiger partial charge in [0.05, 0.1) is 5.37 Å². The van der Waals surface area contributed by atoms with Crippen LogP contribution in [0.3, 0.4) is 0 Å². The van der Waals surface area contributed by atoms with Crippen molar-refractivity contribution in [1.29, 1.82) is 0 Å². The van der Waals surface area contributed by atoms with Crippen LogP contribution >= 0.6 is 11.8 Å². The van der Waals surface area contributed by atoms with Gasteiger partial charge in [0, 0.05) is 12.3 Å². The second kappa shape index (κ2) is 6.90. The predicted octanol–water partition coefficient (Wildman–Crippen LogP) is 2.90. The van der Waals surface area contributed by atoms with Crippen LogP contribution in [0.4, 0.5) is 4.79 Å². The summed E-state index contributed by atoms with van der Waals surface area (Å²) in [7, 11) is 0. The number of hydrogen-bond acceptors (Lipinski definition) is 3. The van der Waals surface area contributed by atoms with Crippen LogP contribution in [0, 0.1) is 5.41 Å². The largest absolute Gasteiger partial charge is 0.480 e. The summed E-state index contributed by atoms with van der Waals surface area (Å²) in [6, 6.07) is -0.893. The lowest BCUT2D eigenvalue weighted by atomic mass is 9.67. The SMILES string of the molecule is CCCC1SCC(C(=O)O)N1C(=O)NCC1(CC)CCC1. The van der Waals surface area contributed by atoms with Gasteiger partial charge in [-0.1, -0.05) is 26.7 Å². The van der Waals surface area contributed by atoms with E-state index in [1.165, 1.54) is 19.3 Å². The number of nitrogens with one attached hydrogen (secondary N) is 1. The van der Waals surface area contributed by atoms with E-state index >= 15 is 0 Å². The van der Waals surface area contributed by atoms with E-state index in [0.29, 0.717) is 12.3 Å². The average molecular weight is 314 g/mol. The van der Waals surface area contributed by atoms with Crippen LogP contribution in [0.1, 0.15) is 52.4 Å². The topological polar surface area (TPSA) is 69.6 Å². The number of nitrogens with zero attached hydrogens (tertiary/aromatic N) is 1. The fourth-order valence-corrected chi connectivity index (χ4v) is 4.70. The minimum Gasteiger partial charge on any atom is -0.480 e. The Kier molecular flexibility index (Phi) is 5.41.